The maximum atomic E-state index is 13.8. The van der Waals surface area contributed by atoms with Gasteiger partial charge >= 0.3 is 0 Å². The number of fused-ring (bicyclic) bond motifs is 1. The summed E-state index contributed by atoms with van der Waals surface area (Å²) in [5.74, 6) is -1.27. The first-order chi connectivity index (χ1) is 18.9. The van der Waals surface area contributed by atoms with Crippen molar-refractivity contribution in [3.63, 3.8) is 0 Å². The molecule has 5 rings (SSSR count). The van der Waals surface area contributed by atoms with Crippen LogP contribution in [0.25, 0.3) is 22.6 Å². The summed E-state index contributed by atoms with van der Waals surface area (Å²) in [6.45, 7) is -2.77. The highest BCUT2D eigenvalue weighted by atomic mass is 35.5. The molecule has 4 N–H and O–H groups in total. The molecule has 1 aliphatic heterocycles. The van der Waals surface area contributed by atoms with E-state index < -0.39 is 43.2 Å². The van der Waals surface area contributed by atoms with E-state index in [0.29, 0.717) is 21.2 Å². The number of amides is 1. The van der Waals surface area contributed by atoms with Crippen molar-refractivity contribution in [2.45, 2.75) is 31.1 Å². The number of imidazole rings is 1. The highest BCUT2D eigenvalue weighted by Gasteiger charge is 2.47. The van der Waals surface area contributed by atoms with Crippen LogP contribution in [0.5, 0.6) is 0 Å². The Morgan fingerprint density at radius 2 is 2.08 bits per heavy atom. The fourth-order valence-corrected chi connectivity index (χ4v) is 4.28. The zero-order valence-electron chi connectivity index (χ0n) is 21.6. The SMILES string of the molecule is [2H]C([2H])([2H])NC(=O)[C@H]1O[C@@H](n2cnc3c(NCc4cc(F)ccc4Cl)nc(-c4cncc(Cl)c4)nc32)[C@H](O)[C@@H]1O. The van der Waals surface area contributed by atoms with Crippen molar-refractivity contribution in [2.24, 2.45) is 0 Å². The summed E-state index contributed by atoms with van der Waals surface area (Å²) in [6.07, 6.45) is -2.32. The molecule has 0 bridgehead atoms. The summed E-state index contributed by atoms with van der Waals surface area (Å²) in [6, 6.07) is 5.49. The van der Waals surface area contributed by atoms with Crippen LogP contribution in [-0.4, -0.2) is 65.9 Å². The number of hydrogen-bond acceptors (Lipinski definition) is 9. The molecule has 0 saturated carbocycles. The summed E-state index contributed by atoms with van der Waals surface area (Å²) in [4.78, 5) is 29.8. The van der Waals surface area contributed by atoms with Gasteiger partial charge in [-0.25, -0.2) is 19.3 Å². The minimum absolute atomic E-state index is 0.0570. The molecule has 0 radical (unpaired) electrons. The minimum atomic E-state index is -2.83. The Balaban J connectivity index is 1.55. The zero-order chi connectivity index (χ0) is 28.8. The Morgan fingerprint density at radius 1 is 1.24 bits per heavy atom. The molecule has 3 aromatic heterocycles. The van der Waals surface area contributed by atoms with Crippen LogP contribution in [0.4, 0.5) is 10.2 Å². The van der Waals surface area contributed by atoms with Crippen LogP contribution in [0.1, 0.15) is 15.9 Å². The molecular formula is C23H20Cl2FN7O4. The lowest BCUT2D eigenvalue weighted by Gasteiger charge is -2.17. The number of anilines is 1. The molecule has 1 saturated heterocycles. The Kier molecular flexibility index (Phi) is 5.94. The molecule has 1 aliphatic rings. The number of rotatable bonds is 6. The largest absolute Gasteiger partial charge is 0.387 e. The Hall–Kier alpha value is -3.42. The average molecular weight is 551 g/mol. The van der Waals surface area contributed by atoms with Crippen molar-refractivity contribution in [3.05, 3.63) is 64.4 Å². The standard InChI is InChI=1S/C23H20Cl2FN7O4/c1-27-22(36)18-16(34)17(35)23(37-18)33-9-30-15-20(29-7-10-5-13(26)2-3-14(10)25)31-19(32-21(15)33)11-4-12(24)8-28-6-11/h2-6,8-9,16-18,23,34-35H,7H2,1H3,(H,27,36)(H,29,31,32)/t16-,17+,18-,23+/m0/s1/i1D3. The van der Waals surface area contributed by atoms with Crippen LogP contribution >= 0.6 is 23.2 Å². The molecule has 1 amide bonds. The highest BCUT2D eigenvalue weighted by Crippen LogP contribution is 2.34. The van der Waals surface area contributed by atoms with Crippen LogP contribution < -0.4 is 10.6 Å². The van der Waals surface area contributed by atoms with Gasteiger partial charge in [0.2, 0.25) is 0 Å². The van der Waals surface area contributed by atoms with Crippen molar-refractivity contribution < 1.29 is 28.2 Å². The van der Waals surface area contributed by atoms with Gasteiger partial charge in [-0.1, -0.05) is 23.2 Å². The second-order valence-electron chi connectivity index (χ2n) is 8.12. The summed E-state index contributed by atoms with van der Waals surface area (Å²) in [5.41, 5.74) is 1.19. The van der Waals surface area contributed by atoms with Gasteiger partial charge < -0.3 is 25.6 Å². The Morgan fingerprint density at radius 3 is 2.86 bits per heavy atom. The number of likely N-dealkylation sites (N-methyl/N-ethyl adjacent to an activating group) is 1. The molecule has 1 aromatic carbocycles. The zero-order valence-corrected chi connectivity index (χ0v) is 20.2. The number of carbonyl (C=O) groups excluding carboxylic acids is 1. The monoisotopic (exact) mass is 550 g/mol. The fourth-order valence-electron chi connectivity index (χ4n) is 3.92. The van der Waals surface area contributed by atoms with Gasteiger partial charge in [0.25, 0.3) is 5.91 Å². The van der Waals surface area contributed by atoms with Gasteiger partial charge in [-0.15, -0.1) is 0 Å². The van der Waals surface area contributed by atoms with Crippen molar-refractivity contribution >= 4 is 46.1 Å². The number of ether oxygens (including phenoxy) is 1. The summed E-state index contributed by atoms with van der Waals surface area (Å²) in [7, 11) is 0. The van der Waals surface area contributed by atoms with Gasteiger partial charge in [0, 0.05) is 40.6 Å². The second-order valence-corrected chi connectivity index (χ2v) is 8.96. The first-order valence-electron chi connectivity index (χ1n) is 12.3. The van der Waals surface area contributed by atoms with E-state index in [1.54, 1.807) is 11.4 Å². The van der Waals surface area contributed by atoms with Crippen molar-refractivity contribution in [1.29, 1.82) is 0 Å². The minimum Gasteiger partial charge on any atom is -0.387 e. The number of benzene rings is 1. The van der Waals surface area contributed by atoms with Crippen LogP contribution in [0.3, 0.4) is 0 Å². The molecule has 37 heavy (non-hydrogen) atoms. The number of halogens is 3. The van der Waals surface area contributed by atoms with Crippen molar-refractivity contribution in [1.82, 2.24) is 29.8 Å². The predicted octanol–water partition coefficient (Wildman–Crippen LogP) is 2.31. The lowest BCUT2D eigenvalue weighted by Crippen LogP contribution is -2.41. The fraction of sp³-hybridized carbons (Fsp3) is 0.261. The number of aliphatic hydroxyl groups excluding tert-OH is 2. The number of aliphatic hydroxyl groups is 2. The average Bonchev–Trinajstić information content (AvgIpc) is 3.44. The van der Waals surface area contributed by atoms with E-state index in [1.807, 2.05) is 0 Å². The predicted molar refractivity (Wildman–Crippen MR) is 132 cm³/mol. The van der Waals surface area contributed by atoms with Gasteiger partial charge in [0.1, 0.15) is 18.0 Å². The van der Waals surface area contributed by atoms with Crippen molar-refractivity contribution in [3.8, 4) is 11.4 Å². The quantitative estimate of drug-likeness (QED) is 0.284. The molecule has 0 spiro atoms. The summed E-state index contributed by atoms with van der Waals surface area (Å²) < 4.78 is 42.4. The van der Waals surface area contributed by atoms with Gasteiger partial charge in [0.05, 0.1) is 11.3 Å². The molecule has 0 aliphatic carbocycles. The third kappa shape index (κ3) is 4.81. The second kappa shape index (κ2) is 10.1. The van der Waals surface area contributed by atoms with E-state index in [9.17, 15) is 19.4 Å². The number of nitrogens with one attached hydrogen (secondary N) is 2. The third-order valence-corrected chi connectivity index (χ3v) is 6.31. The van der Waals surface area contributed by atoms with Crippen LogP contribution in [0, 0.1) is 5.82 Å². The van der Waals surface area contributed by atoms with Crippen LogP contribution in [-0.2, 0) is 16.1 Å². The van der Waals surface area contributed by atoms with E-state index in [0.717, 1.165) is 0 Å². The maximum Gasteiger partial charge on any atom is 0.251 e. The normalized spacial score (nSPS) is 22.9. The van der Waals surface area contributed by atoms with Gasteiger partial charge in [-0.05, 0) is 29.8 Å². The van der Waals surface area contributed by atoms with Crippen LogP contribution in [0.2, 0.25) is 10.0 Å². The van der Waals surface area contributed by atoms with Crippen molar-refractivity contribution in [2.75, 3.05) is 12.3 Å². The van der Waals surface area contributed by atoms with E-state index >= 15 is 0 Å². The number of carbonyl (C=O) groups is 1. The topological polar surface area (TPSA) is 147 Å². The summed E-state index contributed by atoms with van der Waals surface area (Å²) >= 11 is 12.3. The molecule has 0 unspecified atom stereocenters. The molecule has 4 atom stereocenters. The molecule has 4 heterocycles. The highest BCUT2D eigenvalue weighted by molar-refractivity contribution is 6.31. The lowest BCUT2D eigenvalue weighted by molar-refractivity contribution is -0.137. The van der Waals surface area contributed by atoms with Gasteiger partial charge in [-0.2, -0.15) is 0 Å². The lowest BCUT2D eigenvalue weighted by atomic mass is 10.1. The Bertz CT molecular complexity index is 1590. The van der Waals surface area contributed by atoms with Crippen LogP contribution in [0.15, 0.2) is 43.0 Å². The molecule has 14 heteroatoms. The summed E-state index contributed by atoms with van der Waals surface area (Å²) in [5, 5.41) is 26.7. The number of pyridine rings is 1. The van der Waals surface area contributed by atoms with Gasteiger partial charge in [-0.3, -0.25) is 14.3 Å². The smallest absolute Gasteiger partial charge is 0.251 e. The molecule has 4 aromatic rings. The van der Waals surface area contributed by atoms with E-state index in [-0.39, 0.29) is 29.4 Å². The molecule has 192 valence electrons. The first kappa shape index (κ1) is 21.6. The number of aromatic nitrogens is 5. The molecule has 11 nitrogen and oxygen atoms in total. The third-order valence-electron chi connectivity index (χ3n) is 5.73. The number of hydrogen-bond donors (Lipinski definition) is 4. The molecule has 1 fully saturated rings. The molecular weight excluding hydrogens is 528 g/mol. The number of nitrogens with zero attached hydrogens (tertiary/aromatic N) is 5. The van der Waals surface area contributed by atoms with E-state index in [4.69, 9.17) is 32.1 Å². The van der Waals surface area contributed by atoms with Gasteiger partial charge in [0.15, 0.2) is 35.1 Å². The van der Waals surface area contributed by atoms with E-state index in [1.165, 1.54) is 41.5 Å². The maximum absolute atomic E-state index is 13.8. The van der Waals surface area contributed by atoms with E-state index in [2.05, 4.69) is 25.3 Å². The first-order valence-corrected chi connectivity index (χ1v) is 11.5. The Labute approximate surface area is 223 Å².